The second-order valence-electron chi connectivity index (χ2n) is 2.11. The van der Waals surface area contributed by atoms with Gasteiger partial charge in [-0.1, -0.05) is 6.58 Å². The van der Waals surface area contributed by atoms with E-state index in [1.54, 1.807) is 0 Å². The molecule has 0 spiro atoms. The second kappa shape index (κ2) is 6.62. The van der Waals surface area contributed by atoms with Crippen molar-refractivity contribution < 1.29 is 22.9 Å². The molecule has 0 bridgehead atoms. The van der Waals surface area contributed by atoms with Gasteiger partial charge in [0.15, 0.2) is 0 Å². The zero-order valence-electron chi connectivity index (χ0n) is 6.89. The van der Waals surface area contributed by atoms with E-state index in [0.29, 0.717) is 27.9 Å². The molecule has 66 valence electrons. The van der Waals surface area contributed by atoms with E-state index >= 15 is 0 Å². The van der Waals surface area contributed by atoms with Crippen molar-refractivity contribution in [3.63, 3.8) is 0 Å². The van der Waals surface area contributed by atoms with Gasteiger partial charge in [0.1, 0.15) is 0 Å². The molecule has 1 unspecified atom stereocenters. The second-order valence-corrected chi connectivity index (χ2v) is 6.65. The monoisotopic (exact) mass is 204 g/mol. The third kappa shape index (κ3) is 12.8. The van der Waals surface area contributed by atoms with Crippen LogP contribution in [0.1, 0.15) is 6.92 Å². The van der Waals surface area contributed by atoms with Crippen LogP contribution in [0.3, 0.4) is 0 Å². The predicted molar refractivity (Wildman–Crippen MR) is 44.6 cm³/mol. The average Bonchev–Trinajstić information content (AvgIpc) is 1.87. The van der Waals surface area contributed by atoms with E-state index in [1.165, 1.54) is 6.92 Å². The van der Waals surface area contributed by atoms with Crippen molar-refractivity contribution in [2.75, 3.05) is 0 Å². The molecule has 0 saturated carbocycles. The molecule has 0 heterocycles. The number of carboxylic acid groups (broad SMARTS) is 1. The molecule has 0 aliphatic heterocycles. The van der Waals surface area contributed by atoms with Crippen LogP contribution in [0.2, 0.25) is 0 Å². The molecular formula is C5H9NaO5S. The summed E-state index contributed by atoms with van der Waals surface area (Å²) >= 11 is 0.490. The van der Waals surface area contributed by atoms with Gasteiger partial charge in [-0.05, 0) is 0 Å². The molecule has 0 saturated heterocycles. The van der Waals surface area contributed by atoms with Gasteiger partial charge in [0.05, 0.1) is 0 Å². The maximum atomic E-state index is 9.92. The Morgan fingerprint density at radius 3 is 1.83 bits per heavy atom. The number of hydrogen-bond donors (Lipinski definition) is 2. The van der Waals surface area contributed by atoms with Gasteiger partial charge in [0, 0.05) is 6.08 Å². The Balaban J connectivity index is 0. The third-order valence-corrected chi connectivity index (χ3v) is 3.75. The Hall–Kier alpha value is 0.120. The molecule has 0 aromatic rings. The molecule has 0 radical (unpaired) electrons. The summed E-state index contributed by atoms with van der Waals surface area (Å²) in [5.74, 6) is -0.981. The molecule has 12 heavy (non-hydrogen) atoms. The molecule has 0 amide bonds. The van der Waals surface area contributed by atoms with E-state index in [9.17, 15) is 13.2 Å². The van der Waals surface area contributed by atoms with Crippen LogP contribution in [0.5, 0.6) is 0 Å². The Morgan fingerprint density at radius 1 is 1.67 bits per heavy atom. The topological polar surface area (TPSA) is 91.7 Å². The van der Waals surface area contributed by atoms with Crippen LogP contribution in [-0.4, -0.2) is 54.5 Å². The summed E-state index contributed by atoms with van der Waals surface area (Å²) in [6, 6.07) is 0. The summed E-state index contributed by atoms with van der Waals surface area (Å²) in [5.41, 5.74) is 0. The Morgan fingerprint density at radius 2 is 1.83 bits per heavy atom. The van der Waals surface area contributed by atoms with Crippen molar-refractivity contribution in [3.05, 3.63) is 12.7 Å². The Kier molecular flexibility index (Phi) is 8.07. The fourth-order valence-electron chi connectivity index (χ4n) is 0. The molecule has 0 aromatic carbocycles. The fraction of sp³-hybridized carbons (Fsp3) is 0.400. The van der Waals surface area contributed by atoms with Crippen molar-refractivity contribution in [1.29, 1.82) is 0 Å². The van der Waals surface area contributed by atoms with Gasteiger partial charge in [0.25, 0.3) is 0 Å². The first-order chi connectivity index (χ1) is 5.21. The van der Waals surface area contributed by atoms with Crippen molar-refractivity contribution in [2.45, 2.75) is 9.42 Å². The van der Waals surface area contributed by atoms with Crippen LogP contribution in [0.25, 0.3) is 0 Å². The van der Waals surface area contributed by atoms with E-state index in [0.717, 1.165) is 6.08 Å². The van der Waals surface area contributed by atoms with Crippen molar-refractivity contribution in [1.82, 2.24) is 0 Å². The van der Waals surface area contributed by atoms with Gasteiger partial charge in [-0.25, -0.2) is 4.79 Å². The standard InChI is InChI=1S/C3H4O2.C2H5O3S.Na/c1-2-3(4)5;1-2-6(3,4)5;/h2H,1H2,(H,4,5);2H,1H3,(H,3,4,5);. The number of rotatable bonds is 2. The summed E-state index contributed by atoms with van der Waals surface area (Å²) < 4.78 is 27.4. The number of aliphatic carboxylic acids is 1. The zero-order valence-corrected chi connectivity index (χ0v) is 9.71. The SMILES string of the molecule is C=CC(=O)O.C[CH]([Na])S(=O)(=O)O. The fourth-order valence-corrected chi connectivity index (χ4v) is 0. The molecule has 7 heteroatoms. The normalized spacial score (nSPS) is 12.3. The van der Waals surface area contributed by atoms with E-state index in [4.69, 9.17) is 9.66 Å². The van der Waals surface area contributed by atoms with Crippen molar-refractivity contribution in [2.24, 2.45) is 0 Å². The van der Waals surface area contributed by atoms with E-state index in [-0.39, 0.29) is 0 Å². The molecule has 5 nitrogen and oxygen atoms in total. The minimum absolute atomic E-state index is 0.490. The van der Waals surface area contributed by atoms with Crippen LogP contribution in [0.15, 0.2) is 12.7 Å². The third-order valence-electron chi connectivity index (χ3n) is 0.770. The summed E-state index contributed by atoms with van der Waals surface area (Å²) in [5, 5.41) is 7.60. The molecule has 1 atom stereocenters. The molecular weight excluding hydrogens is 195 g/mol. The summed E-state index contributed by atoms with van der Waals surface area (Å²) in [6.07, 6.45) is 0.833. The van der Waals surface area contributed by atoms with Gasteiger partial charge in [0.2, 0.25) is 0 Å². The van der Waals surface area contributed by atoms with Crippen molar-refractivity contribution >= 4 is 44.0 Å². The molecule has 0 aliphatic carbocycles. The van der Waals surface area contributed by atoms with Crippen LogP contribution < -0.4 is 0 Å². The van der Waals surface area contributed by atoms with Crippen molar-refractivity contribution in [3.8, 4) is 0 Å². The van der Waals surface area contributed by atoms with Gasteiger partial charge < -0.3 is 5.11 Å². The summed E-state index contributed by atoms with van der Waals surface area (Å²) in [4.78, 5) is 9.25. The maximum absolute atomic E-state index is 9.92. The first-order valence-electron chi connectivity index (χ1n) is 3.03. The van der Waals surface area contributed by atoms with Gasteiger partial charge in [-0.2, -0.15) is 0 Å². The predicted octanol–water partition coefficient (Wildman–Crippen LogP) is -0.354. The van der Waals surface area contributed by atoms with Gasteiger partial charge in [-0.15, -0.1) is 0 Å². The number of carbonyl (C=O) groups is 1. The first kappa shape index (κ1) is 14.6. The van der Waals surface area contributed by atoms with Crippen LogP contribution >= 0.6 is 0 Å². The van der Waals surface area contributed by atoms with Crippen LogP contribution in [0.4, 0.5) is 0 Å². The minimum atomic E-state index is -3.68. The van der Waals surface area contributed by atoms with Gasteiger partial charge in [-0.3, -0.25) is 0 Å². The quantitative estimate of drug-likeness (QED) is 0.364. The molecule has 2 N–H and O–H groups in total. The summed E-state index contributed by atoms with van der Waals surface area (Å²) in [7, 11) is -3.68. The Bertz CT molecular complexity index is 243. The van der Waals surface area contributed by atoms with E-state index in [1.807, 2.05) is 0 Å². The first-order valence-corrected chi connectivity index (χ1v) is 5.69. The molecule has 0 fully saturated rings. The van der Waals surface area contributed by atoms with Crippen LogP contribution in [-0.2, 0) is 14.9 Å². The molecule has 0 aromatic heterocycles. The average molecular weight is 204 g/mol. The van der Waals surface area contributed by atoms with E-state index < -0.39 is 18.6 Å². The molecule has 0 aliphatic rings. The van der Waals surface area contributed by atoms with Crippen LogP contribution in [0, 0.1) is 0 Å². The summed E-state index contributed by atoms with van der Waals surface area (Å²) in [6.45, 7) is 4.43. The zero-order chi connectivity index (χ0) is 10.4. The number of hydrogen-bond acceptors (Lipinski definition) is 3. The number of carboxylic acids is 1. The molecule has 0 rings (SSSR count). The van der Waals surface area contributed by atoms with Gasteiger partial charge >= 0.3 is 66.4 Å². The van der Waals surface area contributed by atoms with E-state index in [2.05, 4.69) is 6.58 Å². The Labute approximate surface area is 88.6 Å².